The van der Waals surface area contributed by atoms with Crippen molar-refractivity contribution in [1.82, 2.24) is 10.5 Å². The Hall–Kier alpha value is -3.41. The lowest BCUT2D eigenvalue weighted by Gasteiger charge is -2.23. The highest BCUT2D eigenvalue weighted by atomic mass is 16.5. The molecule has 6 nitrogen and oxygen atoms in total. The molecule has 0 saturated carbocycles. The Morgan fingerprint density at radius 3 is 2.29 bits per heavy atom. The molecule has 0 unspecified atom stereocenters. The average Bonchev–Trinajstić information content (AvgIpc) is 3.02. The molecule has 0 aliphatic heterocycles. The number of aryl methyl sites for hydroxylation is 2. The highest BCUT2D eigenvalue weighted by molar-refractivity contribution is 6.06. The fourth-order valence-electron chi connectivity index (χ4n) is 2.92. The van der Waals surface area contributed by atoms with Crippen molar-refractivity contribution in [3.8, 4) is 0 Å². The second kappa shape index (κ2) is 8.52. The number of carbonyl (C=O) groups excluding carboxylic acids is 2. The standard InChI is InChI=1S/C22H23N3O3/c1-15-21(16(2)28-24-15)14-25(20-7-5-4-6-8-20)22(27)19-11-9-18(10-12-19)13-23-17(3)26/h4-12H,13-14H2,1-3H3,(H,23,26). The van der Waals surface area contributed by atoms with Crippen LogP contribution in [0.25, 0.3) is 0 Å². The van der Waals surface area contributed by atoms with E-state index in [1.54, 1.807) is 17.0 Å². The molecule has 3 aromatic rings. The lowest BCUT2D eigenvalue weighted by atomic mass is 10.1. The Morgan fingerprint density at radius 1 is 1.04 bits per heavy atom. The quantitative estimate of drug-likeness (QED) is 0.709. The third kappa shape index (κ3) is 4.46. The summed E-state index contributed by atoms with van der Waals surface area (Å²) in [4.78, 5) is 26.1. The SMILES string of the molecule is CC(=O)NCc1ccc(C(=O)N(Cc2c(C)noc2C)c2ccccc2)cc1. The molecule has 1 aromatic heterocycles. The van der Waals surface area contributed by atoms with Gasteiger partial charge in [0.1, 0.15) is 5.76 Å². The van der Waals surface area contributed by atoms with E-state index >= 15 is 0 Å². The average molecular weight is 377 g/mol. The van der Waals surface area contributed by atoms with E-state index in [1.807, 2.05) is 56.3 Å². The van der Waals surface area contributed by atoms with E-state index in [9.17, 15) is 9.59 Å². The van der Waals surface area contributed by atoms with Crippen molar-refractivity contribution in [2.45, 2.75) is 33.9 Å². The maximum atomic E-state index is 13.3. The van der Waals surface area contributed by atoms with Gasteiger partial charge in [-0.3, -0.25) is 9.59 Å². The van der Waals surface area contributed by atoms with Gasteiger partial charge in [0.2, 0.25) is 5.91 Å². The van der Waals surface area contributed by atoms with Gasteiger partial charge in [-0.15, -0.1) is 0 Å². The van der Waals surface area contributed by atoms with Crippen LogP contribution < -0.4 is 10.2 Å². The first kappa shape index (κ1) is 19.4. The van der Waals surface area contributed by atoms with Crippen LogP contribution in [0.15, 0.2) is 59.1 Å². The smallest absolute Gasteiger partial charge is 0.258 e. The molecule has 144 valence electrons. The normalized spacial score (nSPS) is 10.5. The van der Waals surface area contributed by atoms with Crippen molar-refractivity contribution in [3.05, 3.63) is 82.7 Å². The van der Waals surface area contributed by atoms with Crippen LogP contribution in [-0.2, 0) is 17.9 Å². The number of hydrogen-bond acceptors (Lipinski definition) is 4. The summed E-state index contributed by atoms with van der Waals surface area (Å²) >= 11 is 0. The minimum Gasteiger partial charge on any atom is -0.361 e. The molecule has 3 rings (SSSR count). The molecule has 1 heterocycles. The number of hydrogen-bond donors (Lipinski definition) is 1. The first-order valence-electron chi connectivity index (χ1n) is 9.07. The Labute approximate surface area is 164 Å². The van der Waals surface area contributed by atoms with Gasteiger partial charge >= 0.3 is 0 Å². The zero-order chi connectivity index (χ0) is 20.1. The van der Waals surface area contributed by atoms with E-state index in [2.05, 4.69) is 10.5 Å². The van der Waals surface area contributed by atoms with Gasteiger partial charge in [-0.25, -0.2) is 0 Å². The van der Waals surface area contributed by atoms with E-state index in [0.29, 0.717) is 24.4 Å². The number of benzene rings is 2. The summed E-state index contributed by atoms with van der Waals surface area (Å²) in [7, 11) is 0. The maximum absolute atomic E-state index is 13.3. The molecule has 0 fully saturated rings. The van der Waals surface area contributed by atoms with Gasteiger partial charge in [0.25, 0.3) is 5.91 Å². The number of rotatable bonds is 6. The fraction of sp³-hybridized carbons (Fsp3) is 0.227. The second-order valence-corrected chi connectivity index (χ2v) is 6.64. The third-order valence-electron chi connectivity index (χ3n) is 4.55. The predicted octanol–water partition coefficient (Wildman–Crippen LogP) is 3.77. The number of aromatic nitrogens is 1. The molecule has 0 aliphatic carbocycles. The Balaban J connectivity index is 1.87. The van der Waals surface area contributed by atoms with Crippen LogP contribution in [0.5, 0.6) is 0 Å². The van der Waals surface area contributed by atoms with Crippen LogP contribution in [0.1, 0.15) is 39.9 Å². The number of nitrogens with one attached hydrogen (secondary N) is 1. The van der Waals surface area contributed by atoms with Crippen LogP contribution in [0.3, 0.4) is 0 Å². The molecular weight excluding hydrogens is 354 g/mol. The number of carbonyl (C=O) groups is 2. The van der Waals surface area contributed by atoms with Crippen molar-refractivity contribution in [3.63, 3.8) is 0 Å². The van der Waals surface area contributed by atoms with Gasteiger partial charge in [-0.05, 0) is 43.7 Å². The molecule has 0 bridgehead atoms. The van der Waals surface area contributed by atoms with Crippen LogP contribution >= 0.6 is 0 Å². The van der Waals surface area contributed by atoms with Crippen LogP contribution in [0.4, 0.5) is 5.69 Å². The molecule has 0 radical (unpaired) electrons. The van der Waals surface area contributed by atoms with E-state index < -0.39 is 0 Å². The van der Waals surface area contributed by atoms with Gasteiger partial charge in [0.05, 0.1) is 12.2 Å². The fourth-order valence-corrected chi connectivity index (χ4v) is 2.92. The summed E-state index contributed by atoms with van der Waals surface area (Å²) in [5.41, 5.74) is 3.98. The van der Waals surface area contributed by atoms with E-state index in [-0.39, 0.29) is 11.8 Å². The highest BCUT2D eigenvalue weighted by Gasteiger charge is 2.21. The lowest BCUT2D eigenvalue weighted by Crippen LogP contribution is -2.30. The first-order valence-corrected chi connectivity index (χ1v) is 9.07. The monoisotopic (exact) mass is 377 g/mol. The number of para-hydroxylation sites is 1. The molecule has 1 N–H and O–H groups in total. The molecule has 0 spiro atoms. The summed E-state index contributed by atoms with van der Waals surface area (Å²) in [6.45, 7) is 6.00. The lowest BCUT2D eigenvalue weighted by molar-refractivity contribution is -0.119. The second-order valence-electron chi connectivity index (χ2n) is 6.64. The van der Waals surface area contributed by atoms with E-state index in [4.69, 9.17) is 4.52 Å². The summed E-state index contributed by atoms with van der Waals surface area (Å²) in [5.74, 6) is 0.504. The Bertz CT molecular complexity index is 943. The Kier molecular flexibility index (Phi) is 5.89. The minimum absolute atomic E-state index is 0.0881. The van der Waals surface area contributed by atoms with Crippen molar-refractivity contribution in [2.75, 3.05) is 4.90 Å². The Morgan fingerprint density at radius 2 is 1.71 bits per heavy atom. The van der Waals surface area contributed by atoms with Gasteiger partial charge in [0.15, 0.2) is 0 Å². The third-order valence-corrected chi connectivity index (χ3v) is 4.55. The molecule has 28 heavy (non-hydrogen) atoms. The molecule has 0 saturated heterocycles. The van der Waals surface area contributed by atoms with Crippen molar-refractivity contribution in [2.24, 2.45) is 0 Å². The topological polar surface area (TPSA) is 75.4 Å². The zero-order valence-corrected chi connectivity index (χ0v) is 16.2. The summed E-state index contributed by atoms with van der Waals surface area (Å²) in [5, 5.41) is 6.74. The maximum Gasteiger partial charge on any atom is 0.258 e. The van der Waals surface area contributed by atoms with Gasteiger partial charge in [-0.1, -0.05) is 35.5 Å². The van der Waals surface area contributed by atoms with E-state index in [1.165, 1.54) is 6.92 Å². The van der Waals surface area contributed by atoms with Crippen LogP contribution in [0, 0.1) is 13.8 Å². The highest BCUT2D eigenvalue weighted by Crippen LogP contribution is 2.23. The van der Waals surface area contributed by atoms with Gasteiger partial charge in [0, 0.05) is 30.3 Å². The molecule has 0 atom stereocenters. The molecule has 2 aromatic carbocycles. The van der Waals surface area contributed by atoms with Gasteiger partial charge < -0.3 is 14.7 Å². The minimum atomic E-state index is -0.114. The van der Waals surface area contributed by atoms with Crippen LogP contribution in [0.2, 0.25) is 0 Å². The van der Waals surface area contributed by atoms with Crippen molar-refractivity contribution < 1.29 is 14.1 Å². The predicted molar refractivity (Wildman–Crippen MR) is 107 cm³/mol. The molecule has 2 amide bonds. The molecular formula is C22H23N3O3. The summed E-state index contributed by atoms with van der Waals surface area (Å²) in [6, 6.07) is 16.8. The van der Waals surface area contributed by atoms with Crippen molar-refractivity contribution in [1.29, 1.82) is 0 Å². The van der Waals surface area contributed by atoms with E-state index in [0.717, 1.165) is 22.5 Å². The number of amides is 2. The summed E-state index contributed by atoms with van der Waals surface area (Å²) in [6.07, 6.45) is 0. The largest absolute Gasteiger partial charge is 0.361 e. The first-order chi connectivity index (χ1) is 13.5. The molecule has 6 heteroatoms. The van der Waals surface area contributed by atoms with Crippen LogP contribution in [-0.4, -0.2) is 17.0 Å². The zero-order valence-electron chi connectivity index (χ0n) is 16.2. The number of anilines is 1. The van der Waals surface area contributed by atoms with Gasteiger partial charge in [-0.2, -0.15) is 0 Å². The number of nitrogens with zero attached hydrogens (tertiary/aromatic N) is 2. The van der Waals surface area contributed by atoms with Crippen molar-refractivity contribution >= 4 is 17.5 Å². The molecule has 0 aliphatic rings. The summed E-state index contributed by atoms with van der Waals surface area (Å²) < 4.78 is 5.26.